The van der Waals surface area contributed by atoms with Gasteiger partial charge in [-0.25, -0.2) is 0 Å². The maximum atomic E-state index is 9.79. The summed E-state index contributed by atoms with van der Waals surface area (Å²) in [5.74, 6) is 2.60. The molecule has 12 heavy (non-hydrogen) atoms. The first-order valence-electron chi connectivity index (χ1n) is 4.58. The lowest BCUT2D eigenvalue weighted by Crippen LogP contribution is -2.61. The second-order valence-corrected chi connectivity index (χ2v) is 3.64. The van der Waals surface area contributed by atoms with Crippen LogP contribution in [0, 0.1) is 12.3 Å². The van der Waals surface area contributed by atoms with Crippen molar-refractivity contribution in [3.63, 3.8) is 0 Å². The molecule has 0 atom stereocenters. The van der Waals surface area contributed by atoms with Crippen molar-refractivity contribution < 1.29 is 5.11 Å². The highest BCUT2D eigenvalue weighted by atomic mass is 16.3. The second-order valence-electron chi connectivity index (χ2n) is 3.64. The van der Waals surface area contributed by atoms with Gasteiger partial charge in [-0.1, -0.05) is 13.3 Å². The predicted octanol–water partition coefficient (Wildman–Crippen LogP) is 0.857. The van der Waals surface area contributed by atoms with E-state index in [0.29, 0.717) is 0 Å². The molecule has 68 valence electrons. The Balaban J connectivity index is 2.14. The minimum Gasteiger partial charge on any atom is -0.387 e. The molecule has 1 aliphatic rings. The molecule has 1 rings (SSSR count). The summed E-state index contributed by atoms with van der Waals surface area (Å²) in [7, 11) is 0. The van der Waals surface area contributed by atoms with E-state index in [1.165, 1.54) is 0 Å². The Kier molecular flexibility index (Phi) is 3.13. The van der Waals surface area contributed by atoms with E-state index in [2.05, 4.69) is 17.7 Å². The van der Waals surface area contributed by atoms with Gasteiger partial charge in [-0.2, -0.15) is 0 Å². The van der Waals surface area contributed by atoms with Crippen molar-refractivity contribution in [3.05, 3.63) is 0 Å². The lowest BCUT2D eigenvalue weighted by molar-refractivity contribution is -0.102. The molecular formula is C10H17NO. The number of nitrogens with zero attached hydrogens (tertiary/aromatic N) is 1. The highest BCUT2D eigenvalue weighted by Gasteiger charge is 2.39. The number of rotatable bonds is 4. The molecule has 1 N–H and O–H groups in total. The van der Waals surface area contributed by atoms with Gasteiger partial charge in [0.2, 0.25) is 0 Å². The Morgan fingerprint density at radius 3 is 2.75 bits per heavy atom. The van der Waals surface area contributed by atoms with Gasteiger partial charge in [0.1, 0.15) is 0 Å². The first kappa shape index (κ1) is 9.57. The molecule has 0 aromatic carbocycles. The van der Waals surface area contributed by atoms with E-state index in [0.717, 1.165) is 38.9 Å². The van der Waals surface area contributed by atoms with E-state index in [-0.39, 0.29) is 0 Å². The first-order chi connectivity index (χ1) is 5.70. The monoisotopic (exact) mass is 167 g/mol. The number of likely N-dealkylation sites (tertiary alicyclic amines) is 1. The largest absolute Gasteiger partial charge is 0.387 e. The molecule has 2 heteroatoms. The van der Waals surface area contributed by atoms with Crippen LogP contribution in [-0.2, 0) is 0 Å². The first-order valence-corrected chi connectivity index (χ1v) is 4.58. The summed E-state index contributed by atoms with van der Waals surface area (Å²) in [5.41, 5.74) is -0.399. The average Bonchev–Trinajstić information content (AvgIpc) is 1.97. The van der Waals surface area contributed by atoms with Gasteiger partial charge in [-0.3, -0.25) is 4.90 Å². The van der Waals surface area contributed by atoms with E-state index in [1.807, 2.05) is 0 Å². The highest BCUT2D eigenvalue weighted by Crippen LogP contribution is 2.25. The Bertz CT molecular complexity index is 177. The van der Waals surface area contributed by atoms with Crippen LogP contribution >= 0.6 is 0 Å². The van der Waals surface area contributed by atoms with Gasteiger partial charge in [-0.15, -0.1) is 12.3 Å². The number of aliphatic hydroxyl groups is 1. The third-order valence-corrected chi connectivity index (χ3v) is 2.32. The number of hydrogen-bond donors (Lipinski definition) is 1. The topological polar surface area (TPSA) is 23.5 Å². The van der Waals surface area contributed by atoms with Crippen LogP contribution in [0.5, 0.6) is 0 Å². The fraction of sp³-hybridized carbons (Fsp3) is 0.800. The van der Waals surface area contributed by atoms with Crippen LogP contribution in [0.1, 0.15) is 26.2 Å². The molecule has 0 bridgehead atoms. The van der Waals surface area contributed by atoms with E-state index in [9.17, 15) is 5.11 Å². The van der Waals surface area contributed by atoms with Crippen molar-refractivity contribution in [1.82, 2.24) is 4.90 Å². The van der Waals surface area contributed by atoms with Crippen molar-refractivity contribution in [2.75, 3.05) is 19.6 Å². The average molecular weight is 167 g/mol. The lowest BCUT2D eigenvalue weighted by Gasteiger charge is -2.46. The van der Waals surface area contributed by atoms with Gasteiger partial charge in [0.25, 0.3) is 0 Å². The fourth-order valence-electron chi connectivity index (χ4n) is 1.79. The zero-order valence-electron chi connectivity index (χ0n) is 7.71. The van der Waals surface area contributed by atoms with Crippen molar-refractivity contribution >= 4 is 0 Å². The molecule has 1 fully saturated rings. The zero-order valence-corrected chi connectivity index (χ0v) is 7.71. The SMILES string of the molecule is C#CCCN1CC(O)(CCC)C1. The molecule has 0 radical (unpaired) electrons. The molecule has 2 nitrogen and oxygen atoms in total. The number of hydrogen-bond acceptors (Lipinski definition) is 2. The minimum absolute atomic E-state index is 0.399. The Labute approximate surface area is 74.6 Å². The number of terminal acetylenes is 1. The summed E-state index contributed by atoms with van der Waals surface area (Å²) >= 11 is 0. The van der Waals surface area contributed by atoms with Crippen LogP contribution < -0.4 is 0 Å². The molecule has 1 heterocycles. The van der Waals surface area contributed by atoms with Crippen LogP contribution in [0.3, 0.4) is 0 Å². The maximum Gasteiger partial charge on any atom is 0.0900 e. The van der Waals surface area contributed by atoms with Gasteiger partial charge < -0.3 is 5.11 Å². The van der Waals surface area contributed by atoms with E-state index < -0.39 is 5.60 Å². The summed E-state index contributed by atoms with van der Waals surface area (Å²) in [6, 6.07) is 0. The molecule has 0 aliphatic carbocycles. The minimum atomic E-state index is -0.399. The van der Waals surface area contributed by atoms with Crippen LogP contribution in [-0.4, -0.2) is 35.2 Å². The van der Waals surface area contributed by atoms with Gasteiger partial charge in [-0.05, 0) is 6.42 Å². The standard InChI is InChI=1S/C10H17NO/c1-3-5-7-11-8-10(12,9-11)6-4-2/h1,12H,4-9H2,2H3. The molecule has 1 aliphatic heterocycles. The van der Waals surface area contributed by atoms with E-state index >= 15 is 0 Å². The molecule has 0 aromatic rings. The van der Waals surface area contributed by atoms with Gasteiger partial charge in [0.05, 0.1) is 5.60 Å². The molecule has 0 saturated carbocycles. The summed E-state index contributed by atoms with van der Waals surface area (Å²) in [6.45, 7) is 4.65. The summed E-state index contributed by atoms with van der Waals surface area (Å²) in [4.78, 5) is 2.20. The highest BCUT2D eigenvalue weighted by molar-refractivity contribution is 4.96. The van der Waals surface area contributed by atoms with Crippen LogP contribution in [0.4, 0.5) is 0 Å². The molecule has 1 saturated heterocycles. The third kappa shape index (κ3) is 2.23. The summed E-state index contributed by atoms with van der Waals surface area (Å²) in [6.07, 6.45) is 7.91. The van der Waals surface area contributed by atoms with Crippen LogP contribution in [0.25, 0.3) is 0 Å². The molecule has 0 aromatic heterocycles. The predicted molar refractivity (Wildman–Crippen MR) is 49.7 cm³/mol. The van der Waals surface area contributed by atoms with E-state index in [4.69, 9.17) is 6.42 Å². The second kappa shape index (κ2) is 3.93. The van der Waals surface area contributed by atoms with Crippen molar-refractivity contribution in [2.24, 2.45) is 0 Å². The van der Waals surface area contributed by atoms with Crippen molar-refractivity contribution in [2.45, 2.75) is 31.8 Å². The fourth-order valence-corrected chi connectivity index (χ4v) is 1.79. The summed E-state index contributed by atoms with van der Waals surface area (Å²) in [5, 5.41) is 9.79. The van der Waals surface area contributed by atoms with E-state index in [1.54, 1.807) is 0 Å². The van der Waals surface area contributed by atoms with Crippen molar-refractivity contribution in [3.8, 4) is 12.3 Å². The maximum absolute atomic E-state index is 9.79. The zero-order chi connectivity index (χ0) is 9.03. The van der Waals surface area contributed by atoms with Gasteiger partial charge in [0.15, 0.2) is 0 Å². The molecule has 0 spiro atoms. The number of β-amino-alcohol motifs (C(OH)–C–C–N with tert-alkyl or cyclic N) is 1. The van der Waals surface area contributed by atoms with Gasteiger partial charge in [0, 0.05) is 26.1 Å². The Morgan fingerprint density at radius 2 is 2.25 bits per heavy atom. The molecule has 0 unspecified atom stereocenters. The summed E-state index contributed by atoms with van der Waals surface area (Å²) < 4.78 is 0. The normalized spacial score (nSPS) is 21.4. The van der Waals surface area contributed by atoms with Crippen LogP contribution in [0.15, 0.2) is 0 Å². The smallest absolute Gasteiger partial charge is 0.0900 e. The Morgan fingerprint density at radius 1 is 1.58 bits per heavy atom. The molecular weight excluding hydrogens is 150 g/mol. The lowest BCUT2D eigenvalue weighted by atomic mass is 9.89. The van der Waals surface area contributed by atoms with Crippen molar-refractivity contribution in [1.29, 1.82) is 0 Å². The third-order valence-electron chi connectivity index (χ3n) is 2.32. The quantitative estimate of drug-likeness (QED) is 0.628. The Hall–Kier alpha value is -0.520. The molecule has 0 amide bonds. The van der Waals surface area contributed by atoms with Gasteiger partial charge >= 0.3 is 0 Å². The van der Waals surface area contributed by atoms with Crippen LogP contribution in [0.2, 0.25) is 0 Å².